The lowest BCUT2D eigenvalue weighted by atomic mass is 9.90. The van der Waals surface area contributed by atoms with Crippen LogP contribution in [0, 0.1) is 10.1 Å². The molecule has 2 heterocycles. The molecule has 1 N–H and O–H groups in total. The number of carbonyl (C=O) groups is 1. The Hall–Kier alpha value is -4.17. The standard InChI is InChI=1S/C24H23F3N4O7/c1-13-21(32)20(17-10-15(31(33)34)11-18(22(17)37-13)23(35-2)36-3)30(12-19-28-8-9-29-19)14-4-6-16(7-5-14)38-24(25,26)27/h4-11,13,20,23H,12H2,1-3H3,(H,28,29). The summed E-state index contributed by atoms with van der Waals surface area (Å²) in [5.41, 5.74) is 0.368. The van der Waals surface area contributed by atoms with Crippen molar-refractivity contribution in [3.05, 3.63) is 75.9 Å². The van der Waals surface area contributed by atoms with Crippen LogP contribution >= 0.6 is 0 Å². The number of imidazole rings is 1. The lowest BCUT2D eigenvalue weighted by Crippen LogP contribution is -2.44. The van der Waals surface area contributed by atoms with Gasteiger partial charge >= 0.3 is 6.36 Å². The van der Waals surface area contributed by atoms with E-state index in [1.165, 1.54) is 51.6 Å². The zero-order valence-corrected chi connectivity index (χ0v) is 20.4. The molecule has 2 unspecified atom stereocenters. The van der Waals surface area contributed by atoms with Crippen LogP contribution in [0.4, 0.5) is 24.5 Å². The topological polar surface area (TPSA) is 129 Å². The van der Waals surface area contributed by atoms with Crippen LogP contribution in [0.5, 0.6) is 11.5 Å². The number of fused-ring (bicyclic) bond motifs is 1. The first-order valence-electron chi connectivity index (χ1n) is 11.2. The van der Waals surface area contributed by atoms with Crippen molar-refractivity contribution >= 4 is 17.2 Å². The van der Waals surface area contributed by atoms with Gasteiger partial charge in [0.2, 0.25) is 0 Å². The van der Waals surface area contributed by atoms with Gasteiger partial charge in [0, 0.05) is 50.0 Å². The number of hydrogen-bond donors (Lipinski definition) is 1. The molecule has 0 aliphatic carbocycles. The quantitative estimate of drug-likeness (QED) is 0.237. The highest BCUT2D eigenvalue weighted by molar-refractivity contribution is 5.94. The zero-order chi connectivity index (χ0) is 27.6. The molecule has 4 rings (SSSR count). The van der Waals surface area contributed by atoms with Crippen LogP contribution < -0.4 is 14.4 Å². The number of methoxy groups -OCH3 is 2. The predicted octanol–water partition coefficient (Wildman–Crippen LogP) is 4.61. The first-order valence-corrected chi connectivity index (χ1v) is 11.2. The number of halogens is 3. The Balaban J connectivity index is 1.89. The van der Waals surface area contributed by atoms with E-state index in [2.05, 4.69) is 14.7 Å². The first kappa shape index (κ1) is 26.9. The van der Waals surface area contributed by atoms with Gasteiger partial charge in [0.15, 0.2) is 18.2 Å². The predicted molar refractivity (Wildman–Crippen MR) is 126 cm³/mol. The number of ether oxygens (including phenoxy) is 4. The van der Waals surface area contributed by atoms with E-state index < -0.39 is 41.3 Å². The van der Waals surface area contributed by atoms with Gasteiger partial charge in [-0.25, -0.2) is 4.98 Å². The highest BCUT2D eigenvalue weighted by Gasteiger charge is 2.42. The second-order valence-electron chi connectivity index (χ2n) is 8.28. The molecule has 202 valence electrons. The zero-order valence-electron chi connectivity index (χ0n) is 20.4. The fraction of sp³-hybridized carbons (Fsp3) is 0.333. The minimum atomic E-state index is -4.88. The van der Waals surface area contributed by atoms with E-state index in [-0.39, 0.29) is 29.1 Å². The maximum atomic E-state index is 13.6. The highest BCUT2D eigenvalue weighted by atomic mass is 19.4. The van der Waals surface area contributed by atoms with Crippen LogP contribution in [-0.4, -0.2) is 47.4 Å². The number of nitrogens with one attached hydrogen (secondary N) is 1. The third-order valence-corrected chi connectivity index (χ3v) is 5.87. The molecule has 0 fully saturated rings. The van der Waals surface area contributed by atoms with Crippen molar-refractivity contribution in [2.75, 3.05) is 19.1 Å². The van der Waals surface area contributed by atoms with E-state index in [0.717, 1.165) is 12.1 Å². The van der Waals surface area contributed by atoms with Crippen molar-refractivity contribution < 1.29 is 41.8 Å². The number of nitro groups is 1. The maximum absolute atomic E-state index is 13.6. The number of rotatable bonds is 9. The molecule has 0 bridgehead atoms. The first-order chi connectivity index (χ1) is 18.0. The molecule has 0 saturated carbocycles. The smallest absolute Gasteiger partial charge is 0.482 e. The Morgan fingerprint density at radius 1 is 1.21 bits per heavy atom. The SMILES string of the molecule is COC(OC)c1cc([N+](=O)[O-])cc2c1OC(C)C(=O)C2N(Cc1ncc[nH]1)c1ccc(OC(F)(F)F)cc1. The molecule has 38 heavy (non-hydrogen) atoms. The molecule has 11 nitrogen and oxygen atoms in total. The maximum Gasteiger partial charge on any atom is 0.573 e. The molecule has 0 saturated heterocycles. The van der Waals surface area contributed by atoms with Gasteiger partial charge in [0.25, 0.3) is 5.69 Å². The Bertz CT molecular complexity index is 1300. The average Bonchev–Trinajstić information content (AvgIpc) is 3.37. The van der Waals surface area contributed by atoms with Gasteiger partial charge in [0.05, 0.1) is 17.0 Å². The summed E-state index contributed by atoms with van der Waals surface area (Å²) >= 11 is 0. The number of ketones is 1. The summed E-state index contributed by atoms with van der Waals surface area (Å²) in [6.07, 6.45) is -3.83. The van der Waals surface area contributed by atoms with Crippen molar-refractivity contribution in [1.82, 2.24) is 9.97 Å². The monoisotopic (exact) mass is 536 g/mol. The second kappa shape index (κ2) is 10.7. The average molecular weight is 536 g/mol. The molecule has 0 amide bonds. The summed E-state index contributed by atoms with van der Waals surface area (Å²) in [6, 6.07) is 6.25. The molecule has 1 aliphatic rings. The number of hydrogen-bond acceptors (Lipinski definition) is 9. The molecular formula is C24H23F3N4O7. The van der Waals surface area contributed by atoms with E-state index in [0.29, 0.717) is 11.5 Å². The van der Waals surface area contributed by atoms with Gasteiger partial charge in [-0.05, 0) is 31.2 Å². The summed E-state index contributed by atoms with van der Waals surface area (Å²) < 4.78 is 58.6. The molecule has 1 aliphatic heterocycles. The molecule has 1 aromatic heterocycles. The normalized spacial score (nSPS) is 17.2. The number of alkyl halides is 3. The number of carbonyl (C=O) groups excluding carboxylic acids is 1. The molecular weight excluding hydrogens is 513 g/mol. The number of Topliss-reactive ketones (excluding diaryl/α,β-unsaturated/α-hetero) is 1. The summed E-state index contributed by atoms with van der Waals surface area (Å²) in [7, 11) is 2.70. The summed E-state index contributed by atoms with van der Waals surface area (Å²) in [5, 5.41) is 11.8. The Kier molecular flexibility index (Phi) is 7.55. The van der Waals surface area contributed by atoms with Crippen LogP contribution in [0.15, 0.2) is 48.8 Å². The van der Waals surface area contributed by atoms with Gasteiger partial charge in [0.1, 0.15) is 23.4 Å². The number of nitro benzene ring substituents is 1. The highest BCUT2D eigenvalue weighted by Crippen LogP contribution is 2.45. The third kappa shape index (κ3) is 5.55. The van der Waals surface area contributed by atoms with Crippen molar-refractivity contribution in [3.8, 4) is 11.5 Å². The van der Waals surface area contributed by atoms with Crippen LogP contribution in [0.2, 0.25) is 0 Å². The second-order valence-corrected chi connectivity index (χ2v) is 8.28. The number of aromatic nitrogens is 2. The third-order valence-electron chi connectivity index (χ3n) is 5.87. The Labute approximate surface area is 214 Å². The van der Waals surface area contributed by atoms with Crippen LogP contribution in [-0.2, 0) is 20.8 Å². The van der Waals surface area contributed by atoms with Crippen LogP contribution in [0.1, 0.15) is 36.2 Å². The molecule has 2 aromatic carbocycles. The van der Waals surface area contributed by atoms with E-state index in [9.17, 15) is 28.1 Å². The van der Waals surface area contributed by atoms with Gasteiger partial charge in [-0.2, -0.15) is 0 Å². The van der Waals surface area contributed by atoms with E-state index in [1.807, 2.05) is 0 Å². The molecule has 0 spiro atoms. The van der Waals surface area contributed by atoms with E-state index >= 15 is 0 Å². The van der Waals surface area contributed by atoms with Gasteiger partial charge in [-0.3, -0.25) is 14.9 Å². The van der Waals surface area contributed by atoms with Crippen LogP contribution in [0.25, 0.3) is 0 Å². The Morgan fingerprint density at radius 2 is 1.89 bits per heavy atom. The van der Waals surface area contributed by atoms with Gasteiger partial charge in [-0.15, -0.1) is 13.2 Å². The number of aromatic amines is 1. The van der Waals surface area contributed by atoms with E-state index in [4.69, 9.17) is 14.2 Å². The summed E-state index contributed by atoms with van der Waals surface area (Å²) in [6.45, 7) is 1.54. The number of benzene rings is 2. The largest absolute Gasteiger partial charge is 0.573 e. The molecule has 3 aromatic rings. The van der Waals surface area contributed by atoms with Crippen LogP contribution in [0.3, 0.4) is 0 Å². The lowest BCUT2D eigenvalue weighted by Gasteiger charge is -2.39. The fourth-order valence-electron chi connectivity index (χ4n) is 4.28. The van der Waals surface area contributed by atoms with Crippen molar-refractivity contribution in [3.63, 3.8) is 0 Å². The summed E-state index contributed by atoms with van der Waals surface area (Å²) in [4.78, 5) is 33.5. The molecule has 2 atom stereocenters. The fourth-order valence-corrected chi connectivity index (χ4v) is 4.28. The van der Waals surface area contributed by atoms with Crippen molar-refractivity contribution in [1.29, 1.82) is 0 Å². The van der Waals surface area contributed by atoms with Gasteiger partial charge in [-0.1, -0.05) is 0 Å². The van der Waals surface area contributed by atoms with Crippen molar-refractivity contribution in [2.24, 2.45) is 0 Å². The van der Waals surface area contributed by atoms with Crippen molar-refractivity contribution in [2.45, 2.75) is 38.3 Å². The number of H-pyrrole nitrogens is 1. The number of nitrogens with zero attached hydrogens (tertiary/aromatic N) is 3. The van der Waals surface area contributed by atoms with E-state index in [1.54, 1.807) is 11.1 Å². The minimum Gasteiger partial charge on any atom is -0.482 e. The molecule has 14 heteroatoms. The number of anilines is 1. The molecule has 0 radical (unpaired) electrons. The lowest BCUT2D eigenvalue weighted by molar-refractivity contribution is -0.385. The summed E-state index contributed by atoms with van der Waals surface area (Å²) in [5.74, 6) is -0.279. The Morgan fingerprint density at radius 3 is 2.45 bits per heavy atom. The number of non-ortho nitro benzene ring substituents is 1. The van der Waals surface area contributed by atoms with Gasteiger partial charge < -0.3 is 28.8 Å². The minimum absolute atomic E-state index is 0.00501.